The van der Waals surface area contributed by atoms with Crippen LogP contribution >= 0.6 is 0 Å². The Hall–Kier alpha value is -4.08. The lowest BCUT2D eigenvalue weighted by atomic mass is 10.1. The zero-order chi connectivity index (χ0) is 32.2. The Balaban J connectivity index is 1.47. The van der Waals surface area contributed by atoms with E-state index >= 15 is 0 Å². The smallest absolute Gasteiger partial charge is 0.273 e. The van der Waals surface area contributed by atoms with Gasteiger partial charge >= 0.3 is 0 Å². The van der Waals surface area contributed by atoms with E-state index in [9.17, 15) is 29.4 Å². The van der Waals surface area contributed by atoms with E-state index in [1.54, 1.807) is 24.3 Å². The topological polar surface area (TPSA) is 157 Å². The number of benzene rings is 2. The molecule has 2 rings (SSSR count). The van der Waals surface area contributed by atoms with E-state index in [1.165, 1.54) is 0 Å². The molecule has 0 bridgehead atoms. The summed E-state index contributed by atoms with van der Waals surface area (Å²) in [7, 11) is 0. The van der Waals surface area contributed by atoms with Crippen LogP contribution in [0, 0.1) is 0 Å². The van der Waals surface area contributed by atoms with Crippen molar-refractivity contribution in [2.24, 2.45) is 0 Å². The van der Waals surface area contributed by atoms with Crippen molar-refractivity contribution < 1.29 is 29.4 Å². The van der Waals surface area contributed by atoms with Crippen molar-refractivity contribution >= 4 is 23.6 Å². The van der Waals surface area contributed by atoms with Crippen LogP contribution in [0.1, 0.15) is 136 Å². The number of hydrazine groups is 2. The molecule has 2 aromatic rings. The van der Waals surface area contributed by atoms with Gasteiger partial charge in [0, 0.05) is 12.8 Å². The van der Waals surface area contributed by atoms with Crippen LogP contribution in [0.2, 0.25) is 0 Å². The summed E-state index contributed by atoms with van der Waals surface area (Å²) in [6, 6.07) is 9.95. The van der Waals surface area contributed by atoms with Gasteiger partial charge in [0.15, 0.2) is 0 Å². The lowest BCUT2D eigenvalue weighted by molar-refractivity contribution is -0.122. The Morgan fingerprint density at radius 1 is 0.523 bits per heavy atom. The van der Waals surface area contributed by atoms with Gasteiger partial charge in [0.1, 0.15) is 11.5 Å². The molecule has 2 aromatic carbocycles. The first-order valence-electron chi connectivity index (χ1n) is 16.1. The monoisotopic (exact) mass is 610 g/mol. The van der Waals surface area contributed by atoms with E-state index in [4.69, 9.17) is 0 Å². The van der Waals surface area contributed by atoms with Gasteiger partial charge in [0.05, 0.1) is 11.1 Å². The van der Waals surface area contributed by atoms with Crippen LogP contribution in [0.25, 0.3) is 0 Å². The number of carbonyl (C=O) groups excluding carboxylic acids is 4. The number of unbranched alkanes of at least 4 members (excludes halogenated alkanes) is 9. The molecule has 0 spiro atoms. The first-order valence-corrected chi connectivity index (χ1v) is 16.1. The van der Waals surface area contributed by atoms with Gasteiger partial charge in [-0.3, -0.25) is 40.9 Å². The van der Waals surface area contributed by atoms with Crippen molar-refractivity contribution in [2.45, 2.75) is 117 Å². The quantitative estimate of drug-likeness (QED) is 0.0858. The van der Waals surface area contributed by atoms with Crippen molar-refractivity contribution in [2.75, 3.05) is 0 Å². The number of phenols is 2. The summed E-state index contributed by atoms with van der Waals surface area (Å²) in [4.78, 5) is 48.7. The number of amides is 4. The number of hydrogen-bond donors (Lipinski definition) is 6. The van der Waals surface area contributed by atoms with Crippen LogP contribution in [-0.4, -0.2) is 33.8 Å². The third-order valence-electron chi connectivity index (χ3n) is 7.44. The molecule has 0 radical (unpaired) electrons. The maximum absolute atomic E-state index is 12.3. The highest BCUT2D eigenvalue weighted by Gasteiger charge is 2.14. The summed E-state index contributed by atoms with van der Waals surface area (Å²) in [5.41, 5.74) is 11.7. The van der Waals surface area contributed by atoms with Gasteiger partial charge in [-0.25, -0.2) is 0 Å². The second-order valence-electron chi connectivity index (χ2n) is 11.2. The molecular formula is C34H50N4O6. The molecule has 0 fully saturated rings. The highest BCUT2D eigenvalue weighted by Crippen LogP contribution is 2.21. The number of hydrogen-bond acceptors (Lipinski definition) is 6. The van der Waals surface area contributed by atoms with Gasteiger partial charge in [0.25, 0.3) is 11.8 Å². The van der Waals surface area contributed by atoms with Crippen LogP contribution in [-0.2, 0) is 22.4 Å². The summed E-state index contributed by atoms with van der Waals surface area (Å²) < 4.78 is 0. The molecule has 0 aliphatic carbocycles. The molecular weight excluding hydrogens is 560 g/mol. The summed E-state index contributed by atoms with van der Waals surface area (Å²) in [6.45, 7) is 4.18. The maximum atomic E-state index is 12.3. The predicted octanol–water partition coefficient (Wildman–Crippen LogP) is 5.91. The molecule has 0 aliphatic rings. The summed E-state index contributed by atoms with van der Waals surface area (Å²) in [5.74, 6) is -1.85. The van der Waals surface area contributed by atoms with E-state index in [2.05, 4.69) is 35.6 Å². The first-order chi connectivity index (χ1) is 21.2. The summed E-state index contributed by atoms with van der Waals surface area (Å²) in [5, 5.41) is 20.3. The lowest BCUT2D eigenvalue weighted by Crippen LogP contribution is -2.41. The molecule has 0 atom stereocenters. The third-order valence-corrected chi connectivity index (χ3v) is 7.44. The fourth-order valence-corrected chi connectivity index (χ4v) is 4.76. The van der Waals surface area contributed by atoms with Gasteiger partial charge in [0.2, 0.25) is 11.8 Å². The number of carbonyl (C=O) groups is 4. The van der Waals surface area contributed by atoms with Crippen molar-refractivity contribution in [1.29, 1.82) is 0 Å². The Bertz CT molecular complexity index is 1120. The van der Waals surface area contributed by atoms with Gasteiger partial charge < -0.3 is 10.2 Å². The van der Waals surface area contributed by atoms with Crippen molar-refractivity contribution in [1.82, 2.24) is 21.7 Å². The molecule has 10 heteroatoms. The van der Waals surface area contributed by atoms with Crippen molar-refractivity contribution in [3.63, 3.8) is 0 Å². The standard InChI is InChI=1S/C34H50N4O6/c1-3-5-15-25-19-21-27(29(39)23-25)33(43)37-35-31(41)17-13-11-9-7-8-10-12-14-18-32(42)36-38-34(44)28-22-20-26(16-6-4-2)24-30(28)40/h19-24,39-40H,3-18H2,1-2H3,(H,35,41)(H,36,42)(H,37,43)(H,38,44). The minimum Gasteiger partial charge on any atom is -0.507 e. The van der Waals surface area contributed by atoms with Gasteiger partial charge in [-0.1, -0.05) is 77.3 Å². The normalized spacial score (nSPS) is 10.7. The van der Waals surface area contributed by atoms with E-state index in [1.807, 2.05) is 12.1 Å². The predicted molar refractivity (Wildman–Crippen MR) is 171 cm³/mol. The highest BCUT2D eigenvalue weighted by atomic mass is 16.3. The van der Waals surface area contributed by atoms with Crippen LogP contribution in [0.4, 0.5) is 0 Å². The number of aryl methyl sites for hydroxylation is 2. The lowest BCUT2D eigenvalue weighted by Gasteiger charge is -2.10. The maximum Gasteiger partial charge on any atom is 0.273 e. The van der Waals surface area contributed by atoms with Crippen molar-refractivity contribution in [3.8, 4) is 11.5 Å². The highest BCUT2D eigenvalue weighted by molar-refractivity contribution is 5.98. The third kappa shape index (κ3) is 13.9. The number of phenolic OH excluding ortho intramolecular Hbond substituents is 2. The van der Waals surface area contributed by atoms with E-state index < -0.39 is 11.8 Å². The van der Waals surface area contributed by atoms with Crippen LogP contribution < -0.4 is 21.7 Å². The van der Waals surface area contributed by atoms with Gasteiger partial charge in [-0.05, 0) is 73.9 Å². The average molecular weight is 611 g/mol. The Morgan fingerprint density at radius 3 is 1.23 bits per heavy atom. The Kier molecular flexibility index (Phi) is 17.0. The molecule has 6 N–H and O–H groups in total. The molecule has 0 heterocycles. The largest absolute Gasteiger partial charge is 0.507 e. The zero-order valence-electron chi connectivity index (χ0n) is 26.3. The van der Waals surface area contributed by atoms with Crippen molar-refractivity contribution in [3.05, 3.63) is 58.7 Å². The van der Waals surface area contributed by atoms with E-state index in [0.29, 0.717) is 25.7 Å². The Morgan fingerprint density at radius 2 is 0.886 bits per heavy atom. The number of aromatic hydroxyl groups is 2. The first kappa shape index (κ1) is 36.1. The minimum atomic E-state index is -0.552. The number of nitrogens with one attached hydrogen (secondary N) is 4. The van der Waals surface area contributed by atoms with Gasteiger partial charge in [-0.15, -0.1) is 0 Å². The summed E-state index contributed by atoms with van der Waals surface area (Å²) >= 11 is 0. The molecule has 44 heavy (non-hydrogen) atoms. The molecule has 242 valence electrons. The number of rotatable bonds is 19. The molecule has 0 unspecified atom stereocenters. The molecule has 0 saturated carbocycles. The molecule has 0 aromatic heterocycles. The van der Waals surface area contributed by atoms with E-state index in [-0.39, 0.29) is 34.4 Å². The second kappa shape index (κ2) is 20.8. The molecule has 0 saturated heterocycles. The van der Waals surface area contributed by atoms with Gasteiger partial charge in [-0.2, -0.15) is 0 Å². The zero-order valence-corrected chi connectivity index (χ0v) is 26.3. The fourth-order valence-electron chi connectivity index (χ4n) is 4.76. The second-order valence-corrected chi connectivity index (χ2v) is 11.2. The average Bonchev–Trinajstić information content (AvgIpc) is 3.01. The van der Waals surface area contributed by atoms with Crippen LogP contribution in [0.5, 0.6) is 11.5 Å². The molecule has 10 nitrogen and oxygen atoms in total. The van der Waals surface area contributed by atoms with Crippen LogP contribution in [0.15, 0.2) is 36.4 Å². The molecule has 4 amide bonds. The minimum absolute atomic E-state index is 0.0983. The Labute approximate surface area is 261 Å². The van der Waals surface area contributed by atoms with Crippen LogP contribution in [0.3, 0.4) is 0 Å². The summed E-state index contributed by atoms with van der Waals surface area (Å²) in [6.07, 6.45) is 13.7. The molecule has 0 aliphatic heterocycles. The SMILES string of the molecule is CCCCc1ccc(C(=O)NNC(=O)CCCCCCCCCCC(=O)NNC(=O)c2ccc(CCCC)cc2O)c(O)c1. The van der Waals surface area contributed by atoms with E-state index in [0.717, 1.165) is 88.2 Å². The fraction of sp³-hybridized carbons (Fsp3) is 0.529.